The Morgan fingerprint density at radius 2 is 2.09 bits per heavy atom. The first-order chi connectivity index (χ1) is 15.5. The highest BCUT2D eigenvalue weighted by Crippen LogP contribution is 2.32. The largest absolute Gasteiger partial charge is 0.486 e. The highest BCUT2D eigenvalue weighted by molar-refractivity contribution is 5.94. The number of anilines is 1. The third kappa shape index (κ3) is 4.86. The first-order valence-corrected chi connectivity index (χ1v) is 10.5. The van der Waals surface area contributed by atoms with Crippen molar-refractivity contribution in [3.63, 3.8) is 0 Å². The number of hydrogen-bond donors (Lipinski definition) is 2. The van der Waals surface area contributed by atoms with Gasteiger partial charge in [0.1, 0.15) is 24.5 Å². The van der Waals surface area contributed by atoms with Crippen LogP contribution in [-0.2, 0) is 9.59 Å². The molecule has 166 valence electrons. The van der Waals surface area contributed by atoms with Gasteiger partial charge in [0, 0.05) is 36.3 Å². The maximum Gasteiger partial charge on any atom is 0.248 e. The van der Waals surface area contributed by atoms with E-state index in [1.807, 2.05) is 0 Å². The van der Waals surface area contributed by atoms with Crippen molar-refractivity contribution in [3.05, 3.63) is 42.1 Å². The average Bonchev–Trinajstić information content (AvgIpc) is 3.66. The van der Waals surface area contributed by atoms with Crippen LogP contribution in [0.2, 0.25) is 0 Å². The number of piperidine rings is 1. The number of carbonyl (C=O) groups is 2. The number of rotatable bonds is 6. The van der Waals surface area contributed by atoms with Crippen molar-refractivity contribution < 1.29 is 23.8 Å². The minimum atomic E-state index is -1.43. The summed E-state index contributed by atoms with van der Waals surface area (Å²) in [7, 11) is 0. The minimum Gasteiger partial charge on any atom is -0.486 e. The second-order valence-electron chi connectivity index (χ2n) is 7.97. The third-order valence-corrected chi connectivity index (χ3v) is 5.62. The lowest BCUT2D eigenvalue weighted by molar-refractivity contribution is -0.138. The Kier molecular flexibility index (Phi) is 6.32. The highest BCUT2D eigenvalue weighted by Gasteiger charge is 2.33. The molecule has 1 aliphatic heterocycles. The zero-order valence-electron chi connectivity index (χ0n) is 17.3. The zero-order valence-corrected chi connectivity index (χ0v) is 17.3. The average molecular weight is 438 g/mol. The van der Waals surface area contributed by atoms with Gasteiger partial charge < -0.3 is 20.1 Å². The number of aliphatic hydroxyl groups is 1. The van der Waals surface area contributed by atoms with E-state index < -0.39 is 24.8 Å². The lowest BCUT2D eigenvalue weighted by Crippen LogP contribution is -2.50. The van der Waals surface area contributed by atoms with Crippen LogP contribution >= 0.6 is 0 Å². The molecule has 9 heteroatoms. The van der Waals surface area contributed by atoms with E-state index in [0.717, 1.165) is 12.8 Å². The molecular weight excluding hydrogens is 415 g/mol. The molecule has 2 atom stereocenters. The summed E-state index contributed by atoms with van der Waals surface area (Å²) in [6, 6.07) is 10.5. The molecule has 8 nitrogen and oxygen atoms in total. The number of pyridine rings is 1. The molecule has 0 bridgehead atoms. The van der Waals surface area contributed by atoms with E-state index in [4.69, 9.17) is 9.84 Å². The monoisotopic (exact) mass is 438 g/mol. The Balaban J connectivity index is 1.47. The normalized spacial score (nSPS) is 20.3. The SMILES string of the molecule is N#Cc1cc(-c2cc(NC(=O)C3CC3)ccn2)ccc1O[C@H]1CCN(C(=O)CO)C[C@H]1F. The van der Waals surface area contributed by atoms with Crippen LogP contribution in [0.15, 0.2) is 36.5 Å². The van der Waals surface area contributed by atoms with Crippen LogP contribution in [0.5, 0.6) is 5.75 Å². The highest BCUT2D eigenvalue weighted by atomic mass is 19.1. The molecule has 1 aliphatic carbocycles. The Morgan fingerprint density at radius 3 is 2.78 bits per heavy atom. The van der Waals surface area contributed by atoms with Gasteiger partial charge in [-0.3, -0.25) is 14.6 Å². The molecule has 32 heavy (non-hydrogen) atoms. The standard InChI is InChI=1S/C23H23FN4O4/c24-18-12-28(22(30)13-29)8-6-21(18)32-20-4-3-15(9-16(20)11-25)19-10-17(5-7-26-19)27-23(31)14-1-2-14/h3-5,7,9-10,14,18,21,29H,1-2,6,8,12-13H2,(H,26,27,31)/t18-,21+/m1/s1. The van der Waals surface area contributed by atoms with Crippen molar-refractivity contribution in [2.75, 3.05) is 25.0 Å². The molecule has 1 aromatic carbocycles. The van der Waals surface area contributed by atoms with Gasteiger partial charge >= 0.3 is 0 Å². The van der Waals surface area contributed by atoms with Gasteiger partial charge in [-0.25, -0.2) is 4.39 Å². The van der Waals surface area contributed by atoms with E-state index in [1.165, 1.54) is 4.90 Å². The molecule has 1 saturated heterocycles. The van der Waals surface area contributed by atoms with E-state index >= 15 is 0 Å². The fraction of sp³-hybridized carbons (Fsp3) is 0.391. The van der Waals surface area contributed by atoms with E-state index in [1.54, 1.807) is 36.5 Å². The van der Waals surface area contributed by atoms with Crippen LogP contribution in [0.1, 0.15) is 24.8 Å². The van der Waals surface area contributed by atoms with Crippen LogP contribution in [0.4, 0.5) is 10.1 Å². The van der Waals surface area contributed by atoms with E-state index in [2.05, 4.69) is 16.4 Å². The number of amides is 2. The molecule has 1 saturated carbocycles. The summed E-state index contributed by atoms with van der Waals surface area (Å²) >= 11 is 0. The van der Waals surface area contributed by atoms with Gasteiger partial charge in [0.15, 0.2) is 6.17 Å². The molecule has 2 fully saturated rings. The predicted molar refractivity (Wildman–Crippen MR) is 113 cm³/mol. The molecule has 1 aromatic heterocycles. The van der Waals surface area contributed by atoms with E-state index in [9.17, 15) is 19.2 Å². The number of halogens is 1. The molecule has 0 unspecified atom stereocenters. The maximum absolute atomic E-state index is 14.5. The summed E-state index contributed by atoms with van der Waals surface area (Å²) in [5.41, 5.74) is 2.12. The number of alkyl halides is 1. The van der Waals surface area contributed by atoms with Crippen LogP contribution < -0.4 is 10.1 Å². The van der Waals surface area contributed by atoms with Gasteiger partial charge in [-0.05, 0) is 43.2 Å². The molecule has 2 N–H and O–H groups in total. The molecular formula is C23H23FN4O4. The smallest absolute Gasteiger partial charge is 0.248 e. The number of hydrogen-bond acceptors (Lipinski definition) is 6. The summed E-state index contributed by atoms with van der Waals surface area (Å²) in [6.07, 6.45) is 1.43. The van der Waals surface area contributed by atoms with Gasteiger partial charge in [-0.1, -0.05) is 0 Å². The molecule has 2 aromatic rings. The van der Waals surface area contributed by atoms with E-state index in [0.29, 0.717) is 16.9 Å². The fourth-order valence-corrected chi connectivity index (χ4v) is 3.64. The molecule has 2 aliphatic rings. The molecule has 0 spiro atoms. The number of likely N-dealkylation sites (tertiary alicyclic amines) is 1. The predicted octanol–water partition coefficient (Wildman–Crippen LogP) is 2.28. The Morgan fingerprint density at radius 1 is 1.28 bits per heavy atom. The molecule has 4 rings (SSSR count). The second kappa shape index (κ2) is 9.32. The molecule has 2 amide bonds. The number of benzene rings is 1. The van der Waals surface area contributed by atoms with Crippen LogP contribution in [0.3, 0.4) is 0 Å². The number of aromatic nitrogens is 1. The maximum atomic E-state index is 14.5. The van der Waals surface area contributed by atoms with Crippen molar-refractivity contribution in [1.29, 1.82) is 5.26 Å². The molecule has 2 heterocycles. The number of carbonyl (C=O) groups excluding carboxylic acids is 2. The molecule has 0 radical (unpaired) electrons. The van der Waals surface area contributed by atoms with Gasteiger partial charge in [0.25, 0.3) is 0 Å². The Bertz CT molecular complexity index is 1070. The number of nitriles is 1. The topological polar surface area (TPSA) is 116 Å². The fourth-order valence-electron chi connectivity index (χ4n) is 3.64. The summed E-state index contributed by atoms with van der Waals surface area (Å²) < 4.78 is 20.3. The first-order valence-electron chi connectivity index (χ1n) is 10.5. The third-order valence-electron chi connectivity index (χ3n) is 5.62. The quantitative estimate of drug-likeness (QED) is 0.715. The van der Waals surface area contributed by atoms with Gasteiger partial charge in [-0.15, -0.1) is 0 Å². The number of nitrogens with one attached hydrogen (secondary N) is 1. The van der Waals surface area contributed by atoms with Crippen molar-refractivity contribution >= 4 is 17.5 Å². The lowest BCUT2D eigenvalue weighted by atomic mass is 10.0. The van der Waals surface area contributed by atoms with Gasteiger partial charge in [0.2, 0.25) is 11.8 Å². The summed E-state index contributed by atoms with van der Waals surface area (Å²) in [4.78, 5) is 29.2. The van der Waals surface area contributed by atoms with Gasteiger partial charge in [0.05, 0.1) is 17.8 Å². The number of aliphatic hydroxyl groups excluding tert-OH is 1. The Labute approximate surface area is 184 Å². The second-order valence-corrected chi connectivity index (χ2v) is 7.97. The minimum absolute atomic E-state index is 0.00359. The van der Waals surface area contributed by atoms with Crippen molar-refractivity contribution in [3.8, 4) is 23.1 Å². The van der Waals surface area contributed by atoms with Crippen molar-refractivity contribution in [2.24, 2.45) is 5.92 Å². The summed E-state index contributed by atoms with van der Waals surface area (Å²) in [5, 5.41) is 21.4. The summed E-state index contributed by atoms with van der Waals surface area (Å²) in [6.45, 7) is -0.543. The van der Waals surface area contributed by atoms with Crippen LogP contribution in [0, 0.1) is 17.2 Å². The van der Waals surface area contributed by atoms with Crippen molar-refractivity contribution in [2.45, 2.75) is 31.5 Å². The zero-order chi connectivity index (χ0) is 22.7. The van der Waals surface area contributed by atoms with Crippen LogP contribution in [0.25, 0.3) is 11.3 Å². The van der Waals surface area contributed by atoms with Crippen molar-refractivity contribution in [1.82, 2.24) is 9.88 Å². The summed E-state index contributed by atoms with van der Waals surface area (Å²) in [5.74, 6) is -0.183. The lowest BCUT2D eigenvalue weighted by Gasteiger charge is -2.34. The Hall–Kier alpha value is -3.51. The van der Waals surface area contributed by atoms with E-state index in [-0.39, 0.29) is 42.6 Å². The van der Waals surface area contributed by atoms with Crippen LogP contribution in [-0.4, -0.2) is 58.8 Å². The number of ether oxygens (including phenoxy) is 1. The number of nitrogens with zero attached hydrogens (tertiary/aromatic N) is 3. The van der Waals surface area contributed by atoms with Gasteiger partial charge in [-0.2, -0.15) is 5.26 Å². The first kappa shape index (κ1) is 21.7.